The zero-order chi connectivity index (χ0) is 10.3. The summed E-state index contributed by atoms with van der Waals surface area (Å²) < 4.78 is 35.8. The molecule has 13 heavy (non-hydrogen) atoms. The molecule has 0 amide bonds. The topological polar surface area (TPSA) is 12.0 Å². The molecule has 1 nitrogen and oxygen atoms in total. The van der Waals surface area contributed by atoms with Crippen LogP contribution in [0.15, 0.2) is 11.1 Å². The number of alkyl halides is 3. The SMILES string of the molecule is C=C(Br)CNCCCCC(F)(F)F. The van der Waals surface area contributed by atoms with E-state index in [4.69, 9.17) is 0 Å². The highest BCUT2D eigenvalue weighted by Crippen LogP contribution is 2.21. The van der Waals surface area contributed by atoms with Crippen LogP contribution in [-0.4, -0.2) is 19.3 Å². The fourth-order valence-electron chi connectivity index (χ4n) is 0.799. The highest BCUT2D eigenvalue weighted by molar-refractivity contribution is 9.11. The summed E-state index contributed by atoms with van der Waals surface area (Å²) in [6, 6.07) is 0. The van der Waals surface area contributed by atoms with Crippen LogP contribution in [0.2, 0.25) is 0 Å². The van der Waals surface area contributed by atoms with Gasteiger partial charge in [0.15, 0.2) is 0 Å². The van der Waals surface area contributed by atoms with Crippen molar-refractivity contribution in [2.45, 2.75) is 25.4 Å². The van der Waals surface area contributed by atoms with Gasteiger partial charge < -0.3 is 5.32 Å². The van der Waals surface area contributed by atoms with Crippen molar-refractivity contribution in [3.05, 3.63) is 11.1 Å². The van der Waals surface area contributed by atoms with E-state index in [0.717, 1.165) is 4.48 Å². The highest BCUT2D eigenvalue weighted by atomic mass is 79.9. The maximum absolute atomic E-state index is 11.7. The molecule has 0 aromatic carbocycles. The number of unbranched alkanes of at least 4 members (excludes halogenated alkanes) is 1. The van der Waals surface area contributed by atoms with Crippen LogP contribution in [0, 0.1) is 0 Å². The largest absolute Gasteiger partial charge is 0.389 e. The van der Waals surface area contributed by atoms with Crippen molar-refractivity contribution in [1.82, 2.24) is 5.32 Å². The summed E-state index contributed by atoms with van der Waals surface area (Å²) in [6.45, 7) is 4.79. The molecule has 0 unspecified atom stereocenters. The third-order valence-corrected chi connectivity index (χ3v) is 1.66. The first kappa shape index (κ1) is 13.0. The molecular weight excluding hydrogens is 247 g/mol. The lowest BCUT2D eigenvalue weighted by Crippen LogP contribution is -2.17. The Morgan fingerprint density at radius 1 is 1.31 bits per heavy atom. The van der Waals surface area contributed by atoms with Gasteiger partial charge in [-0.2, -0.15) is 13.2 Å². The number of hydrogen-bond donors (Lipinski definition) is 1. The zero-order valence-corrected chi connectivity index (χ0v) is 8.84. The summed E-state index contributed by atoms with van der Waals surface area (Å²) in [4.78, 5) is 0. The van der Waals surface area contributed by atoms with E-state index in [2.05, 4.69) is 27.8 Å². The fraction of sp³-hybridized carbons (Fsp3) is 0.750. The van der Waals surface area contributed by atoms with Crippen LogP contribution in [0.5, 0.6) is 0 Å². The highest BCUT2D eigenvalue weighted by Gasteiger charge is 2.25. The maximum Gasteiger partial charge on any atom is 0.389 e. The van der Waals surface area contributed by atoms with Gasteiger partial charge in [0.05, 0.1) is 0 Å². The first-order valence-electron chi connectivity index (χ1n) is 4.02. The third kappa shape index (κ3) is 12.0. The van der Waals surface area contributed by atoms with Crippen molar-refractivity contribution in [3.8, 4) is 0 Å². The molecule has 0 saturated heterocycles. The Labute approximate surface area is 84.5 Å². The van der Waals surface area contributed by atoms with Gasteiger partial charge in [-0.3, -0.25) is 0 Å². The predicted molar refractivity (Wildman–Crippen MR) is 50.8 cm³/mol. The van der Waals surface area contributed by atoms with E-state index in [1.54, 1.807) is 0 Å². The van der Waals surface area contributed by atoms with Gasteiger partial charge in [0.1, 0.15) is 0 Å². The van der Waals surface area contributed by atoms with Gasteiger partial charge in [0.2, 0.25) is 0 Å². The molecule has 0 heterocycles. The van der Waals surface area contributed by atoms with Crippen molar-refractivity contribution < 1.29 is 13.2 Å². The molecule has 0 spiro atoms. The van der Waals surface area contributed by atoms with Crippen LogP contribution in [0.1, 0.15) is 19.3 Å². The van der Waals surface area contributed by atoms with Crippen LogP contribution < -0.4 is 5.32 Å². The van der Waals surface area contributed by atoms with Gasteiger partial charge in [-0.15, -0.1) is 0 Å². The molecule has 78 valence electrons. The molecule has 5 heteroatoms. The smallest absolute Gasteiger partial charge is 0.312 e. The zero-order valence-electron chi connectivity index (χ0n) is 7.25. The number of rotatable bonds is 6. The van der Waals surface area contributed by atoms with Crippen molar-refractivity contribution in [3.63, 3.8) is 0 Å². The Kier molecular flexibility index (Phi) is 6.41. The Balaban J connectivity index is 3.13. The second kappa shape index (κ2) is 6.43. The van der Waals surface area contributed by atoms with Gasteiger partial charge >= 0.3 is 6.18 Å². The normalized spacial score (nSPS) is 11.7. The Hall–Kier alpha value is -0.0300. The molecule has 0 atom stereocenters. The Bertz CT molecular complexity index is 156. The Morgan fingerprint density at radius 2 is 1.92 bits per heavy atom. The third-order valence-electron chi connectivity index (χ3n) is 1.38. The summed E-state index contributed by atoms with van der Waals surface area (Å²) in [5, 5.41) is 2.96. The molecule has 0 aliphatic rings. The van der Waals surface area contributed by atoms with E-state index < -0.39 is 12.6 Å². The average Bonchev–Trinajstić information content (AvgIpc) is 1.93. The van der Waals surface area contributed by atoms with Gasteiger partial charge in [-0.1, -0.05) is 22.5 Å². The summed E-state index contributed by atoms with van der Waals surface area (Å²) in [7, 11) is 0. The van der Waals surface area contributed by atoms with E-state index in [1.165, 1.54) is 0 Å². The van der Waals surface area contributed by atoms with Gasteiger partial charge in [0.25, 0.3) is 0 Å². The molecule has 0 aliphatic heterocycles. The van der Waals surface area contributed by atoms with E-state index in [-0.39, 0.29) is 6.42 Å². The van der Waals surface area contributed by atoms with Crippen molar-refractivity contribution >= 4 is 15.9 Å². The standard InChI is InChI=1S/C8H13BrF3N/c1-7(9)6-13-5-3-2-4-8(10,11)12/h13H,1-6H2. The molecule has 0 aromatic heterocycles. The quantitative estimate of drug-likeness (QED) is 0.723. The number of hydrogen-bond acceptors (Lipinski definition) is 1. The van der Waals surface area contributed by atoms with Crippen LogP contribution in [0.25, 0.3) is 0 Å². The summed E-state index contributed by atoms with van der Waals surface area (Å²) >= 11 is 3.14. The molecule has 0 fully saturated rings. The summed E-state index contributed by atoms with van der Waals surface area (Å²) in [6.07, 6.45) is -3.98. The van der Waals surface area contributed by atoms with Crippen molar-refractivity contribution in [2.75, 3.05) is 13.1 Å². The number of halogens is 4. The first-order chi connectivity index (χ1) is 5.92. The second-order valence-corrected chi connectivity index (χ2v) is 3.89. The van der Waals surface area contributed by atoms with Crippen molar-refractivity contribution in [1.29, 1.82) is 0 Å². The lowest BCUT2D eigenvalue weighted by molar-refractivity contribution is -0.135. The maximum atomic E-state index is 11.7. The molecule has 0 rings (SSSR count). The minimum Gasteiger partial charge on any atom is -0.312 e. The summed E-state index contributed by atoms with van der Waals surface area (Å²) in [5.74, 6) is 0. The molecule has 1 N–H and O–H groups in total. The molecule has 0 saturated carbocycles. The van der Waals surface area contributed by atoms with E-state index >= 15 is 0 Å². The minimum atomic E-state index is -4.01. The molecule has 0 aliphatic carbocycles. The van der Waals surface area contributed by atoms with Crippen LogP contribution in [0.3, 0.4) is 0 Å². The number of nitrogens with one attached hydrogen (secondary N) is 1. The van der Waals surface area contributed by atoms with Crippen LogP contribution >= 0.6 is 15.9 Å². The van der Waals surface area contributed by atoms with E-state index in [9.17, 15) is 13.2 Å². The first-order valence-corrected chi connectivity index (χ1v) is 4.82. The van der Waals surface area contributed by atoms with Crippen LogP contribution in [0.4, 0.5) is 13.2 Å². The molecule has 0 bridgehead atoms. The van der Waals surface area contributed by atoms with Crippen LogP contribution in [-0.2, 0) is 0 Å². The fourth-order valence-corrected chi connectivity index (χ4v) is 0.998. The van der Waals surface area contributed by atoms with Gasteiger partial charge in [-0.05, 0) is 19.4 Å². The van der Waals surface area contributed by atoms with Gasteiger partial charge in [0, 0.05) is 17.4 Å². The molecule has 0 radical (unpaired) electrons. The monoisotopic (exact) mass is 259 g/mol. The van der Waals surface area contributed by atoms with Crippen molar-refractivity contribution in [2.24, 2.45) is 0 Å². The van der Waals surface area contributed by atoms with E-state index in [0.29, 0.717) is 19.5 Å². The average molecular weight is 260 g/mol. The second-order valence-electron chi connectivity index (χ2n) is 2.77. The lowest BCUT2D eigenvalue weighted by Gasteiger charge is -2.06. The molecule has 0 aromatic rings. The lowest BCUT2D eigenvalue weighted by atomic mass is 10.2. The van der Waals surface area contributed by atoms with E-state index in [1.807, 2.05) is 0 Å². The summed E-state index contributed by atoms with van der Waals surface area (Å²) in [5.41, 5.74) is 0. The van der Waals surface area contributed by atoms with Gasteiger partial charge in [-0.25, -0.2) is 0 Å². The predicted octanol–water partition coefficient (Wildman–Crippen LogP) is 3.22. The minimum absolute atomic E-state index is 0.186. The Morgan fingerprint density at radius 3 is 2.38 bits per heavy atom. The molecular formula is C8H13BrF3N.